The molecule has 1 unspecified atom stereocenters. The van der Waals surface area contributed by atoms with E-state index in [9.17, 15) is 4.79 Å². The number of carbonyl (C=O) groups excluding carboxylic acids is 1. The molecule has 0 saturated carbocycles. The average molecular weight is 323 g/mol. The first-order valence-corrected chi connectivity index (χ1v) is 8.24. The highest BCUT2D eigenvalue weighted by Gasteiger charge is 2.49. The molecule has 0 bridgehead atoms. The Morgan fingerprint density at radius 2 is 2.00 bits per heavy atom. The highest BCUT2D eigenvalue weighted by Crippen LogP contribution is 2.42. The zero-order valence-corrected chi connectivity index (χ0v) is 13.7. The number of likely N-dealkylation sites (tertiary alicyclic amines) is 1. The number of nitrogens with zero attached hydrogens (tertiary/aromatic N) is 1. The van der Waals surface area contributed by atoms with Crippen molar-refractivity contribution in [2.75, 3.05) is 33.4 Å². The summed E-state index contributed by atoms with van der Waals surface area (Å²) in [5.74, 6) is 0.170. The Bertz CT molecular complexity index is 524. The van der Waals surface area contributed by atoms with E-state index in [2.05, 4.69) is 22.3 Å². The van der Waals surface area contributed by atoms with Crippen LogP contribution in [0.15, 0.2) is 24.3 Å². The summed E-state index contributed by atoms with van der Waals surface area (Å²) in [5, 5.41) is 3.81. The quantitative estimate of drug-likeness (QED) is 0.925. The second kappa shape index (κ2) is 6.57. The van der Waals surface area contributed by atoms with Gasteiger partial charge in [0, 0.05) is 30.6 Å². The van der Waals surface area contributed by atoms with Crippen molar-refractivity contribution in [1.82, 2.24) is 10.2 Å². The topological polar surface area (TPSA) is 41.6 Å². The molecule has 0 aliphatic carbocycles. The SMILES string of the molecule is COCC1C(=O)NCC12CCN(Cc1ccc(Cl)cc1)CC2. The summed E-state index contributed by atoms with van der Waals surface area (Å²) in [6.45, 7) is 4.33. The van der Waals surface area contributed by atoms with Crippen LogP contribution in [0.5, 0.6) is 0 Å². The van der Waals surface area contributed by atoms with Gasteiger partial charge in [-0.3, -0.25) is 9.69 Å². The van der Waals surface area contributed by atoms with Gasteiger partial charge in [0.1, 0.15) is 0 Å². The summed E-state index contributed by atoms with van der Waals surface area (Å²) < 4.78 is 5.27. The zero-order chi connectivity index (χ0) is 15.6. The van der Waals surface area contributed by atoms with Crippen LogP contribution in [0.4, 0.5) is 0 Å². The highest BCUT2D eigenvalue weighted by molar-refractivity contribution is 6.30. The molecule has 2 aliphatic rings. The second-order valence-corrected chi connectivity index (χ2v) is 6.93. The third-order valence-electron chi connectivity index (χ3n) is 5.17. The van der Waals surface area contributed by atoms with Crippen molar-refractivity contribution >= 4 is 17.5 Å². The maximum atomic E-state index is 12.0. The van der Waals surface area contributed by atoms with Crippen LogP contribution < -0.4 is 5.32 Å². The molecule has 2 aliphatic heterocycles. The van der Waals surface area contributed by atoms with Gasteiger partial charge in [-0.05, 0) is 43.6 Å². The summed E-state index contributed by atoms with van der Waals surface area (Å²) >= 11 is 5.93. The van der Waals surface area contributed by atoms with Gasteiger partial charge in [0.2, 0.25) is 5.91 Å². The Morgan fingerprint density at radius 1 is 1.32 bits per heavy atom. The highest BCUT2D eigenvalue weighted by atomic mass is 35.5. The van der Waals surface area contributed by atoms with E-state index >= 15 is 0 Å². The maximum absolute atomic E-state index is 12.0. The summed E-state index contributed by atoms with van der Waals surface area (Å²) in [7, 11) is 1.68. The number of methoxy groups -OCH3 is 1. The van der Waals surface area contributed by atoms with Gasteiger partial charge in [-0.2, -0.15) is 0 Å². The van der Waals surface area contributed by atoms with Gasteiger partial charge in [0.25, 0.3) is 0 Å². The van der Waals surface area contributed by atoms with Crippen LogP contribution in [-0.2, 0) is 16.1 Å². The van der Waals surface area contributed by atoms with Gasteiger partial charge in [0.15, 0.2) is 0 Å². The number of nitrogens with one attached hydrogen (secondary N) is 1. The summed E-state index contributed by atoms with van der Waals surface area (Å²) in [6, 6.07) is 8.05. The molecule has 2 heterocycles. The molecule has 0 radical (unpaired) electrons. The molecule has 22 heavy (non-hydrogen) atoms. The number of amides is 1. The fraction of sp³-hybridized carbons (Fsp3) is 0.588. The van der Waals surface area contributed by atoms with Gasteiger partial charge in [-0.15, -0.1) is 0 Å². The Hall–Kier alpha value is -1.10. The van der Waals surface area contributed by atoms with E-state index in [1.807, 2.05) is 12.1 Å². The third kappa shape index (κ3) is 3.14. The van der Waals surface area contributed by atoms with Crippen LogP contribution >= 0.6 is 11.6 Å². The van der Waals surface area contributed by atoms with Crippen molar-refractivity contribution < 1.29 is 9.53 Å². The molecule has 2 saturated heterocycles. The van der Waals surface area contributed by atoms with Crippen molar-refractivity contribution in [3.05, 3.63) is 34.9 Å². The van der Waals surface area contributed by atoms with Gasteiger partial charge in [-0.25, -0.2) is 0 Å². The molecule has 1 amide bonds. The molecule has 1 aromatic carbocycles. The molecule has 120 valence electrons. The molecule has 1 N–H and O–H groups in total. The minimum atomic E-state index is 0.00943. The van der Waals surface area contributed by atoms with Crippen molar-refractivity contribution in [2.24, 2.45) is 11.3 Å². The molecular formula is C17H23ClN2O2. The Morgan fingerprint density at radius 3 is 2.64 bits per heavy atom. The number of halogens is 1. The first-order valence-electron chi connectivity index (χ1n) is 7.86. The molecule has 2 fully saturated rings. The fourth-order valence-electron chi connectivity index (χ4n) is 3.74. The molecule has 3 rings (SSSR count). The lowest BCUT2D eigenvalue weighted by molar-refractivity contribution is -0.126. The predicted molar refractivity (Wildman–Crippen MR) is 86.8 cm³/mol. The van der Waals surface area contributed by atoms with E-state index in [4.69, 9.17) is 16.3 Å². The Labute approximate surface area is 136 Å². The lowest BCUT2D eigenvalue weighted by Crippen LogP contribution is -2.45. The van der Waals surface area contributed by atoms with Crippen molar-refractivity contribution in [3.8, 4) is 0 Å². The van der Waals surface area contributed by atoms with Gasteiger partial charge < -0.3 is 10.1 Å². The number of carbonyl (C=O) groups is 1. The standard InChI is InChI=1S/C17H23ClN2O2/c1-22-11-15-16(21)19-12-17(15)6-8-20(9-7-17)10-13-2-4-14(18)5-3-13/h2-5,15H,6-12H2,1H3,(H,19,21). The first kappa shape index (κ1) is 15.8. The fourth-order valence-corrected chi connectivity index (χ4v) is 3.86. The minimum absolute atomic E-state index is 0.00943. The summed E-state index contributed by atoms with van der Waals surface area (Å²) in [6.07, 6.45) is 2.10. The molecule has 0 aromatic heterocycles. The number of hydrogen-bond acceptors (Lipinski definition) is 3. The number of ether oxygens (including phenoxy) is 1. The average Bonchev–Trinajstić information content (AvgIpc) is 2.82. The van der Waals surface area contributed by atoms with Crippen LogP contribution in [0.3, 0.4) is 0 Å². The molecule has 4 nitrogen and oxygen atoms in total. The Kier molecular flexibility index (Phi) is 4.71. The molecule has 1 atom stereocenters. The van der Waals surface area contributed by atoms with Crippen LogP contribution in [0.1, 0.15) is 18.4 Å². The van der Waals surface area contributed by atoms with Crippen molar-refractivity contribution in [3.63, 3.8) is 0 Å². The third-order valence-corrected chi connectivity index (χ3v) is 5.43. The van der Waals surface area contributed by atoms with Crippen LogP contribution in [0.25, 0.3) is 0 Å². The normalized spacial score (nSPS) is 24.6. The van der Waals surface area contributed by atoms with Crippen LogP contribution in [-0.4, -0.2) is 44.2 Å². The van der Waals surface area contributed by atoms with Gasteiger partial charge in [0.05, 0.1) is 12.5 Å². The van der Waals surface area contributed by atoms with E-state index < -0.39 is 0 Å². The molecule has 1 aromatic rings. The van der Waals surface area contributed by atoms with Crippen LogP contribution in [0, 0.1) is 11.3 Å². The smallest absolute Gasteiger partial charge is 0.226 e. The lowest BCUT2D eigenvalue weighted by Gasteiger charge is -2.41. The van der Waals surface area contributed by atoms with E-state index in [0.717, 1.165) is 44.0 Å². The van der Waals surface area contributed by atoms with Crippen LogP contribution in [0.2, 0.25) is 5.02 Å². The maximum Gasteiger partial charge on any atom is 0.226 e. The minimum Gasteiger partial charge on any atom is -0.384 e. The number of piperidine rings is 1. The number of rotatable bonds is 4. The summed E-state index contributed by atoms with van der Waals surface area (Å²) in [4.78, 5) is 14.5. The second-order valence-electron chi connectivity index (χ2n) is 6.49. The molecule has 5 heteroatoms. The molecular weight excluding hydrogens is 300 g/mol. The van der Waals surface area contributed by atoms with Crippen molar-refractivity contribution in [2.45, 2.75) is 19.4 Å². The first-order chi connectivity index (χ1) is 10.6. The van der Waals surface area contributed by atoms with E-state index in [1.54, 1.807) is 7.11 Å². The number of benzene rings is 1. The van der Waals surface area contributed by atoms with E-state index in [-0.39, 0.29) is 17.2 Å². The monoisotopic (exact) mass is 322 g/mol. The largest absolute Gasteiger partial charge is 0.384 e. The zero-order valence-electron chi connectivity index (χ0n) is 13.0. The van der Waals surface area contributed by atoms with Crippen molar-refractivity contribution in [1.29, 1.82) is 0 Å². The van der Waals surface area contributed by atoms with E-state index in [0.29, 0.717) is 6.61 Å². The predicted octanol–water partition coefficient (Wildman–Crippen LogP) is 2.31. The van der Waals surface area contributed by atoms with Gasteiger partial charge >= 0.3 is 0 Å². The van der Waals surface area contributed by atoms with E-state index in [1.165, 1.54) is 5.56 Å². The lowest BCUT2D eigenvalue weighted by atomic mass is 9.71. The number of hydrogen-bond donors (Lipinski definition) is 1. The van der Waals surface area contributed by atoms with Gasteiger partial charge in [-0.1, -0.05) is 23.7 Å². The molecule has 1 spiro atoms. The summed E-state index contributed by atoms with van der Waals surface area (Å²) in [5.41, 5.74) is 1.37. The Balaban J connectivity index is 1.60.